The van der Waals surface area contributed by atoms with Crippen LogP contribution in [0, 0.1) is 18.8 Å². The van der Waals surface area contributed by atoms with Crippen molar-refractivity contribution in [3.05, 3.63) is 66.1 Å². The minimum absolute atomic E-state index is 0.103. The summed E-state index contributed by atoms with van der Waals surface area (Å²) in [6.45, 7) is 6.43. The van der Waals surface area contributed by atoms with Gasteiger partial charge in [0.2, 0.25) is 11.7 Å². The van der Waals surface area contributed by atoms with Crippen molar-refractivity contribution in [2.24, 2.45) is 11.8 Å². The Morgan fingerprint density at radius 3 is 2.48 bits per heavy atom. The first-order valence-electron chi connectivity index (χ1n) is 10.1. The van der Waals surface area contributed by atoms with Crippen LogP contribution in [-0.2, 0) is 11.2 Å². The molecule has 5 nitrogen and oxygen atoms in total. The summed E-state index contributed by atoms with van der Waals surface area (Å²) in [6, 6.07) is 17.5. The Morgan fingerprint density at radius 1 is 1.07 bits per heavy atom. The van der Waals surface area contributed by atoms with Gasteiger partial charge in [-0.15, -0.1) is 0 Å². The molecule has 152 valence electrons. The summed E-state index contributed by atoms with van der Waals surface area (Å²) in [7, 11) is 0. The first kappa shape index (κ1) is 20.8. The number of carbonyl (C=O) groups excluding carboxylic acids is 1. The highest BCUT2D eigenvalue weighted by molar-refractivity contribution is 5.80. The predicted octanol–water partition coefficient (Wildman–Crippen LogP) is 5.29. The Morgan fingerprint density at radius 2 is 1.79 bits per heavy atom. The molecular weight excluding hydrogens is 364 g/mol. The van der Waals surface area contributed by atoms with E-state index in [0.29, 0.717) is 30.5 Å². The SMILES string of the molecule is Cc1ccc(-c2noc(CCC(CC(=O)COc3ccccc3)C(C)C)n2)cc1. The van der Waals surface area contributed by atoms with Crippen LogP contribution in [0.3, 0.4) is 0 Å². The van der Waals surface area contributed by atoms with Gasteiger partial charge in [0.05, 0.1) is 0 Å². The number of hydrogen-bond donors (Lipinski definition) is 0. The normalized spacial score (nSPS) is 12.1. The van der Waals surface area contributed by atoms with Crippen molar-refractivity contribution in [3.63, 3.8) is 0 Å². The van der Waals surface area contributed by atoms with Crippen molar-refractivity contribution in [2.75, 3.05) is 6.61 Å². The van der Waals surface area contributed by atoms with E-state index in [1.54, 1.807) is 0 Å². The molecule has 3 rings (SSSR count). The maximum absolute atomic E-state index is 12.4. The number of aromatic nitrogens is 2. The van der Waals surface area contributed by atoms with Crippen LogP contribution < -0.4 is 4.74 Å². The van der Waals surface area contributed by atoms with E-state index < -0.39 is 0 Å². The van der Waals surface area contributed by atoms with Crippen LogP contribution >= 0.6 is 0 Å². The van der Waals surface area contributed by atoms with Crippen molar-refractivity contribution < 1.29 is 14.1 Å². The fraction of sp³-hybridized carbons (Fsp3) is 0.375. The Bertz CT molecular complexity index is 901. The van der Waals surface area contributed by atoms with Crippen LogP contribution in [0.5, 0.6) is 5.75 Å². The topological polar surface area (TPSA) is 65.2 Å². The summed E-state index contributed by atoms with van der Waals surface area (Å²) in [4.78, 5) is 16.9. The highest BCUT2D eigenvalue weighted by Gasteiger charge is 2.19. The molecule has 0 saturated carbocycles. The lowest BCUT2D eigenvalue weighted by Gasteiger charge is -2.19. The molecule has 1 unspecified atom stereocenters. The zero-order chi connectivity index (χ0) is 20.6. The van der Waals surface area contributed by atoms with Crippen LogP contribution in [-0.4, -0.2) is 22.5 Å². The standard InChI is InChI=1S/C24H28N2O3/c1-17(2)20(15-21(27)16-28-22-7-5-4-6-8-22)13-14-23-25-24(26-29-23)19-11-9-18(3)10-12-19/h4-12,17,20H,13-16H2,1-3H3. The number of para-hydroxylation sites is 1. The molecule has 0 aliphatic heterocycles. The fourth-order valence-corrected chi connectivity index (χ4v) is 3.19. The smallest absolute Gasteiger partial charge is 0.226 e. The van der Waals surface area contributed by atoms with Gasteiger partial charge in [0.1, 0.15) is 12.4 Å². The molecule has 0 amide bonds. The minimum atomic E-state index is 0.103. The monoisotopic (exact) mass is 392 g/mol. The van der Waals surface area contributed by atoms with E-state index >= 15 is 0 Å². The molecule has 0 saturated heterocycles. The average Bonchev–Trinajstić information content (AvgIpc) is 3.19. The fourth-order valence-electron chi connectivity index (χ4n) is 3.19. The van der Waals surface area contributed by atoms with Gasteiger partial charge in [0, 0.05) is 18.4 Å². The molecule has 0 aliphatic carbocycles. The van der Waals surface area contributed by atoms with Crippen molar-refractivity contribution >= 4 is 5.78 Å². The second-order valence-electron chi connectivity index (χ2n) is 7.77. The second kappa shape index (κ2) is 10.0. The van der Waals surface area contributed by atoms with Gasteiger partial charge in [-0.25, -0.2) is 0 Å². The molecule has 0 radical (unpaired) electrons. The van der Waals surface area contributed by atoms with E-state index in [9.17, 15) is 4.79 Å². The van der Waals surface area contributed by atoms with Crippen molar-refractivity contribution in [1.29, 1.82) is 0 Å². The molecule has 0 aliphatic rings. The minimum Gasteiger partial charge on any atom is -0.486 e. The van der Waals surface area contributed by atoms with Gasteiger partial charge in [-0.05, 0) is 37.3 Å². The molecular formula is C24H28N2O3. The largest absolute Gasteiger partial charge is 0.486 e. The molecule has 0 bridgehead atoms. The Balaban J connectivity index is 1.51. The predicted molar refractivity (Wildman–Crippen MR) is 113 cm³/mol. The van der Waals surface area contributed by atoms with Crippen LogP contribution in [0.1, 0.15) is 38.1 Å². The molecule has 0 spiro atoms. The molecule has 1 atom stereocenters. The van der Waals surface area contributed by atoms with Gasteiger partial charge in [-0.1, -0.05) is 67.0 Å². The number of rotatable bonds is 10. The lowest BCUT2D eigenvalue weighted by molar-refractivity contribution is -0.122. The number of carbonyl (C=O) groups is 1. The van der Waals surface area contributed by atoms with Crippen LogP contribution in [0.25, 0.3) is 11.4 Å². The van der Waals surface area contributed by atoms with E-state index in [2.05, 4.69) is 24.0 Å². The molecule has 29 heavy (non-hydrogen) atoms. The lowest BCUT2D eigenvalue weighted by Crippen LogP contribution is -2.19. The average molecular weight is 392 g/mol. The Kier molecular flexibility index (Phi) is 7.17. The van der Waals surface area contributed by atoms with Gasteiger partial charge in [0.25, 0.3) is 0 Å². The first-order valence-corrected chi connectivity index (χ1v) is 10.1. The highest BCUT2D eigenvalue weighted by atomic mass is 16.5. The van der Waals surface area contributed by atoms with E-state index in [1.165, 1.54) is 5.56 Å². The number of ether oxygens (including phenoxy) is 1. The number of aryl methyl sites for hydroxylation is 2. The molecule has 1 aromatic heterocycles. The summed E-state index contributed by atoms with van der Waals surface area (Å²) in [5, 5.41) is 4.09. The van der Waals surface area contributed by atoms with Gasteiger partial charge in [-0.2, -0.15) is 4.98 Å². The lowest BCUT2D eigenvalue weighted by atomic mass is 9.87. The summed E-state index contributed by atoms with van der Waals surface area (Å²) >= 11 is 0. The molecule has 2 aromatic carbocycles. The third-order valence-corrected chi connectivity index (χ3v) is 5.08. The Labute approximate surface area is 172 Å². The van der Waals surface area contributed by atoms with Crippen molar-refractivity contribution in [3.8, 4) is 17.1 Å². The summed E-state index contributed by atoms with van der Waals surface area (Å²) in [6.07, 6.45) is 1.97. The zero-order valence-electron chi connectivity index (χ0n) is 17.3. The molecule has 3 aromatic rings. The summed E-state index contributed by atoms with van der Waals surface area (Å²) < 4.78 is 11.0. The van der Waals surface area contributed by atoms with Crippen LogP contribution in [0.2, 0.25) is 0 Å². The number of ketones is 1. The van der Waals surface area contributed by atoms with Gasteiger partial charge >= 0.3 is 0 Å². The van der Waals surface area contributed by atoms with Crippen LogP contribution in [0.4, 0.5) is 0 Å². The quantitative estimate of drug-likeness (QED) is 0.469. The van der Waals surface area contributed by atoms with E-state index in [-0.39, 0.29) is 18.3 Å². The number of benzene rings is 2. The van der Waals surface area contributed by atoms with Gasteiger partial charge < -0.3 is 9.26 Å². The van der Waals surface area contributed by atoms with Crippen molar-refractivity contribution in [1.82, 2.24) is 10.1 Å². The zero-order valence-corrected chi connectivity index (χ0v) is 17.3. The van der Waals surface area contributed by atoms with Crippen LogP contribution in [0.15, 0.2) is 59.1 Å². The maximum atomic E-state index is 12.4. The first-order chi connectivity index (χ1) is 14.0. The number of nitrogens with zero attached hydrogens (tertiary/aromatic N) is 2. The number of Topliss-reactive ketones (excluding diaryl/α,β-unsaturated/α-hetero) is 1. The van der Waals surface area contributed by atoms with Gasteiger partial charge in [0.15, 0.2) is 5.78 Å². The highest BCUT2D eigenvalue weighted by Crippen LogP contribution is 2.23. The van der Waals surface area contributed by atoms with Crippen molar-refractivity contribution in [2.45, 2.75) is 40.0 Å². The Hall–Kier alpha value is -2.95. The summed E-state index contributed by atoms with van der Waals surface area (Å²) in [5.41, 5.74) is 2.14. The van der Waals surface area contributed by atoms with E-state index in [1.807, 2.05) is 61.5 Å². The second-order valence-corrected chi connectivity index (χ2v) is 7.77. The van der Waals surface area contributed by atoms with E-state index in [0.717, 1.165) is 17.7 Å². The summed E-state index contributed by atoms with van der Waals surface area (Å²) in [5.74, 6) is 2.68. The molecule has 5 heteroatoms. The third kappa shape index (κ3) is 6.28. The molecule has 1 heterocycles. The third-order valence-electron chi connectivity index (χ3n) is 5.08. The molecule has 0 fully saturated rings. The van der Waals surface area contributed by atoms with E-state index in [4.69, 9.17) is 9.26 Å². The number of hydrogen-bond acceptors (Lipinski definition) is 5. The van der Waals surface area contributed by atoms with Gasteiger partial charge in [-0.3, -0.25) is 4.79 Å². The maximum Gasteiger partial charge on any atom is 0.226 e. The molecule has 0 N–H and O–H groups in total.